The molecule has 3 rings (SSSR count). The molecule has 27 heavy (non-hydrogen) atoms. The van der Waals surface area contributed by atoms with Crippen LogP contribution in [0.3, 0.4) is 0 Å². The lowest BCUT2D eigenvalue weighted by molar-refractivity contribution is -0.118. The van der Waals surface area contributed by atoms with Gasteiger partial charge in [-0.05, 0) is 26.0 Å². The summed E-state index contributed by atoms with van der Waals surface area (Å²) in [5.41, 5.74) is 2.67. The molecule has 2 heterocycles. The number of nitrogens with one attached hydrogen (secondary N) is 1. The molecule has 0 unspecified atom stereocenters. The normalized spacial score (nSPS) is 10.8. The Kier molecular flexibility index (Phi) is 5.65. The second-order valence-electron chi connectivity index (χ2n) is 5.87. The molecule has 0 saturated heterocycles. The quantitative estimate of drug-likeness (QED) is 0.463. The van der Waals surface area contributed by atoms with E-state index in [1.807, 2.05) is 44.2 Å². The Morgan fingerprint density at radius 1 is 1.30 bits per heavy atom. The number of nitrogens with two attached hydrogens (primary N) is 1. The van der Waals surface area contributed by atoms with Crippen molar-refractivity contribution in [3.05, 3.63) is 47.3 Å². The summed E-state index contributed by atoms with van der Waals surface area (Å²) >= 11 is 1.21. The number of nitrogen functional groups attached to an aromatic ring is 1. The zero-order chi connectivity index (χ0) is 19.4. The Hall–Kier alpha value is -3.01. The fourth-order valence-electron chi connectivity index (χ4n) is 2.57. The smallest absolute Gasteiger partial charge is 0.271 e. The van der Waals surface area contributed by atoms with Gasteiger partial charge < -0.3 is 15.9 Å². The molecule has 3 aromatic rings. The van der Waals surface area contributed by atoms with Gasteiger partial charge in [-0.25, -0.2) is 9.36 Å². The first-order valence-electron chi connectivity index (χ1n) is 8.25. The lowest BCUT2D eigenvalue weighted by atomic mass is 10.2. The summed E-state index contributed by atoms with van der Waals surface area (Å²) in [5, 5.41) is 15.8. The predicted octanol–water partition coefficient (Wildman–Crippen LogP) is 1.21. The minimum absolute atomic E-state index is 0.137. The third-order valence-electron chi connectivity index (χ3n) is 3.85. The highest BCUT2D eigenvalue weighted by Gasteiger charge is 2.16. The van der Waals surface area contributed by atoms with Crippen LogP contribution in [0.2, 0.25) is 0 Å². The largest absolute Gasteiger partial charge is 0.496 e. The van der Waals surface area contributed by atoms with Crippen molar-refractivity contribution in [2.24, 2.45) is 0 Å². The van der Waals surface area contributed by atoms with E-state index in [9.17, 15) is 4.79 Å². The van der Waals surface area contributed by atoms with E-state index in [4.69, 9.17) is 10.6 Å². The van der Waals surface area contributed by atoms with Crippen molar-refractivity contribution >= 4 is 17.7 Å². The molecule has 0 spiro atoms. The number of para-hydroxylation sites is 1. The Morgan fingerprint density at radius 2 is 2.07 bits per heavy atom. The molecule has 3 N–H and O–H groups in total. The van der Waals surface area contributed by atoms with Gasteiger partial charge in [-0.3, -0.25) is 4.79 Å². The van der Waals surface area contributed by atoms with Gasteiger partial charge in [0.1, 0.15) is 5.75 Å². The van der Waals surface area contributed by atoms with Crippen molar-refractivity contribution in [3.63, 3.8) is 0 Å². The van der Waals surface area contributed by atoms with Gasteiger partial charge in [0.05, 0.1) is 18.6 Å². The van der Waals surface area contributed by atoms with Crippen LogP contribution in [0.1, 0.15) is 17.0 Å². The fourth-order valence-corrected chi connectivity index (χ4v) is 3.25. The molecule has 0 aliphatic heterocycles. The lowest BCUT2D eigenvalue weighted by Gasteiger charge is -2.09. The molecule has 0 saturated carbocycles. The molecule has 0 radical (unpaired) electrons. The molecule has 1 amide bonds. The summed E-state index contributed by atoms with van der Waals surface area (Å²) in [6, 6.07) is 9.47. The van der Waals surface area contributed by atoms with Gasteiger partial charge in [0.15, 0.2) is 0 Å². The topological polar surface area (TPSA) is 113 Å². The highest BCUT2D eigenvalue weighted by molar-refractivity contribution is 7.99. The van der Waals surface area contributed by atoms with E-state index in [-0.39, 0.29) is 11.7 Å². The number of hydrogen-bond donors (Lipinski definition) is 2. The number of hydrogen-bond acceptors (Lipinski definition) is 7. The minimum Gasteiger partial charge on any atom is -0.496 e. The number of thioether (sulfide) groups is 1. The van der Waals surface area contributed by atoms with Crippen LogP contribution in [0.25, 0.3) is 5.95 Å². The number of aryl methyl sites for hydroxylation is 2. The monoisotopic (exact) mass is 387 g/mol. The van der Waals surface area contributed by atoms with E-state index in [2.05, 4.69) is 20.6 Å². The molecule has 142 valence electrons. The van der Waals surface area contributed by atoms with Crippen LogP contribution in [-0.2, 0) is 11.3 Å². The highest BCUT2D eigenvalue weighted by Crippen LogP contribution is 2.18. The maximum Gasteiger partial charge on any atom is 0.271 e. The van der Waals surface area contributed by atoms with E-state index < -0.39 is 0 Å². The first-order valence-corrected chi connectivity index (χ1v) is 9.23. The molecule has 0 atom stereocenters. The summed E-state index contributed by atoms with van der Waals surface area (Å²) in [4.78, 5) is 12.1. The maximum atomic E-state index is 12.1. The van der Waals surface area contributed by atoms with Crippen LogP contribution in [0, 0.1) is 13.8 Å². The molecule has 0 aliphatic rings. The van der Waals surface area contributed by atoms with Crippen LogP contribution in [0.5, 0.6) is 5.75 Å². The third kappa shape index (κ3) is 4.22. The third-order valence-corrected chi connectivity index (χ3v) is 4.79. The number of methoxy groups -OCH3 is 1. The molecule has 0 aliphatic carbocycles. The first-order chi connectivity index (χ1) is 13.0. The average Bonchev–Trinajstić information content (AvgIpc) is 3.19. The number of carbonyl (C=O) groups excluding carboxylic acids is 1. The summed E-state index contributed by atoms with van der Waals surface area (Å²) in [7, 11) is 1.60. The zero-order valence-corrected chi connectivity index (χ0v) is 16.2. The van der Waals surface area contributed by atoms with Gasteiger partial charge in [0, 0.05) is 17.8 Å². The van der Waals surface area contributed by atoms with Crippen LogP contribution in [-0.4, -0.2) is 43.4 Å². The summed E-state index contributed by atoms with van der Waals surface area (Å²) < 4.78 is 8.23. The SMILES string of the molecule is COc1ccccc1CNC(=O)CSc1nnc(-n2nc(C)cc2C)n1N. The predicted molar refractivity (Wildman–Crippen MR) is 102 cm³/mol. The van der Waals surface area contributed by atoms with Crippen molar-refractivity contribution in [2.75, 3.05) is 18.7 Å². The Morgan fingerprint density at radius 3 is 2.78 bits per heavy atom. The summed E-state index contributed by atoms with van der Waals surface area (Å²) in [6.07, 6.45) is 0. The maximum absolute atomic E-state index is 12.1. The number of rotatable bonds is 7. The van der Waals surface area contributed by atoms with Gasteiger partial charge in [0.2, 0.25) is 11.1 Å². The average molecular weight is 387 g/mol. The standard InChI is InChI=1S/C17H21N7O2S/c1-11-8-12(2)24(22-11)16-20-21-17(23(16)18)27-10-15(25)19-9-13-6-4-5-7-14(13)26-3/h4-8H,9-10,18H2,1-3H3,(H,19,25). The van der Waals surface area contributed by atoms with Crippen LogP contribution < -0.4 is 15.9 Å². The minimum atomic E-state index is -0.137. The number of nitrogens with zero attached hydrogens (tertiary/aromatic N) is 5. The molecule has 10 heteroatoms. The molecular formula is C17H21N7O2S. The number of aromatic nitrogens is 5. The fraction of sp³-hybridized carbons (Fsp3) is 0.294. The number of carbonyl (C=O) groups is 1. The van der Waals surface area contributed by atoms with Crippen LogP contribution in [0.15, 0.2) is 35.5 Å². The van der Waals surface area contributed by atoms with Gasteiger partial charge >= 0.3 is 0 Å². The molecule has 0 fully saturated rings. The number of amides is 1. The van der Waals surface area contributed by atoms with Crippen molar-refractivity contribution in [1.82, 2.24) is 30.0 Å². The lowest BCUT2D eigenvalue weighted by Crippen LogP contribution is -2.25. The summed E-state index contributed by atoms with van der Waals surface area (Å²) in [5.74, 6) is 7.23. The molecule has 0 bridgehead atoms. The van der Waals surface area contributed by atoms with E-state index in [1.54, 1.807) is 11.8 Å². The van der Waals surface area contributed by atoms with Crippen molar-refractivity contribution in [3.8, 4) is 11.7 Å². The Labute approximate surface area is 160 Å². The molecular weight excluding hydrogens is 366 g/mol. The molecule has 2 aromatic heterocycles. The first kappa shape index (κ1) is 18.8. The zero-order valence-electron chi connectivity index (χ0n) is 15.3. The Bertz CT molecular complexity index is 951. The van der Waals surface area contributed by atoms with Gasteiger partial charge in [-0.2, -0.15) is 5.10 Å². The summed E-state index contributed by atoms with van der Waals surface area (Å²) in [6.45, 7) is 4.19. The molecule has 1 aromatic carbocycles. The van der Waals surface area contributed by atoms with E-state index in [0.29, 0.717) is 17.6 Å². The van der Waals surface area contributed by atoms with Crippen molar-refractivity contribution in [2.45, 2.75) is 25.5 Å². The van der Waals surface area contributed by atoms with Crippen molar-refractivity contribution < 1.29 is 9.53 Å². The second-order valence-corrected chi connectivity index (χ2v) is 6.81. The van der Waals surface area contributed by atoms with Gasteiger partial charge in [-0.15, -0.1) is 10.2 Å². The van der Waals surface area contributed by atoms with Gasteiger partial charge in [-0.1, -0.05) is 30.0 Å². The number of ether oxygens (including phenoxy) is 1. The second kappa shape index (κ2) is 8.12. The molecule has 9 nitrogen and oxygen atoms in total. The van der Waals surface area contributed by atoms with Crippen LogP contribution >= 0.6 is 11.8 Å². The van der Waals surface area contributed by atoms with E-state index in [1.165, 1.54) is 16.4 Å². The van der Waals surface area contributed by atoms with Gasteiger partial charge in [0.25, 0.3) is 5.95 Å². The number of benzene rings is 1. The van der Waals surface area contributed by atoms with E-state index in [0.717, 1.165) is 22.7 Å². The Balaban J connectivity index is 1.59. The van der Waals surface area contributed by atoms with E-state index >= 15 is 0 Å². The highest BCUT2D eigenvalue weighted by atomic mass is 32.2. The van der Waals surface area contributed by atoms with Crippen molar-refractivity contribution in [1.29, 1.82) is 0 Å². The van der Waals surface area contributed by atoms with Crippen LogP contribution in [0.4, 0.5) is 0 Å².